The fourth-order valence-electron chi connectivity index (χ4n) is 1.08. The summed E-state index contributed by atoms with van der Waals surface area (Å²) in [6.07, 6.45) is 1.53. The highest BCUT2D eigenvalue weighted by atomic mass is 16.5. The molecule has 4 heteroatoms. The number of rotatable bonds is 4. The summed E-state index contributed by atoms with van der Waals surface area (Å²) in [5.41, 5.74) is 7.00. The summed E-state index contributed by atoms with van der Waals surface area (Å²) >= 11 is 0. The van der Waals surface area contributed by atoms with Crippen LogP contribution in [-0.4, -0.2) is 30.5 Å². The van der Waals surface area contributed by atoms with Crippen molar-refractivity contribution in [1.82, 2.24) is 4.98 Å². The highest BCUT2D eigenvalue weighted by Crippen LogP contribution is 2.02. The topological polar surface area (TPSA) is 65.2 Å². The van der Waals surface area contributed by atoms with Crippen molar-refractivity contribution >= 4 is 5.78 Å². The molecule has 1 rings (SSSR count). The minimum absolute atomic E-state index is 0.139. The van der Waals surface area contributed by atoms with Gasteiger partial charge in [0, 0.05) is 24.6 Å². The van der Waals surface area contributed by atoms with Crippen LogP contribution in [0, 0.1) is 6.92 Å². The number of nitrogens with two attached hydrogens (primary N) is 1. The number of hydrogen-bond acceptors (Lipinski definition) is 4. The van der Waals surface area contributed by atoms with E-state index in [1.165, 1.54) is 13.3 Å². The number of carbonyl (C=O) groups is 1. The Morgan fingerprint density at radius 2 is 2.36 bits per heavy atom. The lowest BCUT2D eigenvalue weighted by Gasteiger charge is -2.08. The van der Waals surface area contributed by atoms with E-state index >= 15 is 0 Å². The van der Waals surface area contributed by atoms with Gasteiger partial charge in [0.25, 0.3) is 0 Å². The minimum atomic E-state index is -0.607. The van der Waals surface area contributed by atoms with E-state index in [0.717, 1.165) is 5.69 Å². The van der Waals surface area contributed by atoms with Crippen LogP contribution in [0.25, 0.3) is 0 Å². The van der Waals surface area contributed by atoms with Gasteiger partial charge in [-0.3, -0.25) is 9.78 Å². The number of aryl methyl sites for hydroxylation is 1. The number of ether oxygens (including phenoxy) is 1. The van der Waals surface area contributed by atoms with E-state index in [9.17, 15) is 4.79 Å². The second kappa shape index (κ2) is 4.83. The second-order valence-electron chi connectivity index (χ2n) is 3.11. The lowest BCUT2D eigenvalue weighted by molar-refractivity contribution is 0.0892. The quantitative estimate of drug-likeness (QED) is 0.711. The first-order valence-electron chi connectivity index (χ1n) is 4.36. The zero-order valence-electron chi connectivity index (χ0n) is 8.36. The molecule has 0 radical (unpaired) electrons. The minimum Gasteiger partial charge on any atom is -0.383 e. The Morgan fingerprint density at radius 3 is 2.86 bits per heavy atom. The standard InChI is InChI=1S/C10H14N2O2/c1-7-3-4-8(5-12-7)10(13)9(11)6-14-2/h3-5,9H,6,11H2,1-2H3. The van der Waals surface area contributed by atoms with Crippen LogP contribution < -0.4 is 5.73 Å². The van der Waals surface area contributed by atoms with Crippen molar-refractivity contribution in [1.29, 1.82) is 0 Å². The average Bonchev–Trinajstić information content (AvgIpc) is 2.18. The summed E-state index contributed by atoms with van der Waals surface area (Å²) < 4.78 is 4.80. The van der Waals surface area contributed by atoms with Gasteiger partial charge in [-0.2, -0.15) is 0 Å². The first kappa shape index (κ1) is 10.8. The average molecular weight is 194 g/mol. The Labute approximate surface area is 83.1 Å². The van der Waals surface area contributed by atoms with Crippen LogP contribution in [0.3, 0.4) is 0 Å². The number of pyridine rings is 1. The lowest BCUT2D eigenvalue weighted by Crippen LogP contribution is -2.34. The maximum absolute atomic E-state index is 11.6. The van der Waals surface area contributed by atoms with Crippen molar-refractivity contribution in [3.63, 3.8) is 0 Å². The lowest BCUT2D eigenvalue weighted by atomic mass is 10.1. The molecule has 1 atom stereocenters. The fourth-order valence-corrected chi connectivity index (χ4v) is 1.08. The molecule has 14 heavy (non-hydrogen) atoms. The molecule has 0 bridgehead atoms. The summed E-state index contributed by atoms with van der Waals surface area (Å²) in [7, 11) is 1.51. The van der Waals surface area contributed by atoms with Crippen LogP contribution in [0.5, 0.6) is 0 Å². The van der Waals surface area contributed by atoms with Gasteiger partial charge in [0.05, 0.1) is 12.6 Å². The third-order valence-electron chi connectivity index (χ3n) is 1.88. The normalized spacial score (nSPS) is 12.5. The van der Waals surface area contributed by atoms with E-state index < -0.39 is 6.04 Å². The van der Waals surface area contributed by atoms with Crippen LogP contribution >= 0.6 is 0 Å². The number of carbonyl (C=O) groups excluding carboxylic acids is 1. The predicted octanol–water partition coefficient (Wildman–Crippen LogP) is 0.546. The molecule has 1 unspecified atom stereocenters. The molecule has 0 amide bonds. The number of Topliss-reactive ketones (excluding diaryl/α,β-unsaturated/α-hetero) is 1. The van der Waals surface area contributed by atoms with Crippen molar-refractivity contribution in [2.45, 2.75) is 13.0 Å². The molecule has 0 aliphatic rings. The summed E-state index contributed by atoms with van der Waals surface area (Å²) in [6, 6.07) is 2.90. The monoisotopic (exact) mass is 194 g/mol. The summed E-state index contributed by atoms with van der Waals surface area (Å²) in [5.74, 6) is -0.139. The molecule has 0 aromatic carbocycles. The van der Waals surface area contributed by atoms with Crippen LogP contribution in [0.15, 0.2) is 18.3 Å². The molecule has 0 fully saturated rings. The number of methoxy groups -OCH3 is 1. The van der Waals surface area contributed by atoms with E-state index in [-0.39, 0.29) is 12.4 Å². The van der Waals surface area contributed by atoms with Crippen LogP contribution in [0.2, 0.25) is 0 Å². The molecule has 76 valence electrons. The zero-order chi connectivity index (χ0) is 10.6. The van der Waals surface area contributed by atoms with Gasteiger partial charge in [-0.1, -0.05) is 0 Å². The van der Waals surface area contributed by atoms with Crippen molar-refractivity contribution in [3.05, 3.63) is 29.6 Å². The van der Waals surface area contributed by atoms with Crippen molar-refractivity contribution in [2.24, 2.45) is 5.73 Å². The molecule has 2 N–H and O–H groups in total. The molecule has 1 heterocycles. The Hall–Kier alpha value is -1.26. The van der Waals surface area contributed by atoms with E-state index in [0.29, 0.717) is 5.56 Å². The van der Waals surface area contributed by atoms with Gasteiger partial charge in [-0.15, -0.1) is 0 Å². The number of hydrogen-bond donors (Lipinski definition) is 1. The summed E-state index contributed by atoms with van der Waals surface area (Å²) in [6.45, 7) is 2.09. The first-order chi connectivity index (χ1) is 6.65. The Balaban J connectivity index is 2.74. The van der Waals surface area contributed by atoms with Crippen LogP contribution in [0.4, 0.5) is 0 Å². The molecule has 0 spiro atoms. The molecule has 1 aromatic heterocycles. The molecule has 0 saturated carbocycles. The van der Waals surface area contributed by atoms with Gasteiger partial charge >= 0.3 is 0 Å². The molecular formula is C10H14N2O2. The highest BCUT2D eigenvalue weighted by Gasteiger charge is 2.15. The smallest absolute Gasteiger partial charge is 0.183 e. The third-order valence-corrected chi connectivity index (χ3v) is 1.88. The molecule has 0 aliphatic carbocycles. The van der Waals surface area contributed by atoms with Crippen LogP contribution in [0.1, 0.15) is 16.1 Å². The molecular weight excluding hydrogens is 180 g/mol. The van der Waals surface area contributed by atoms with Gasteiger partial charge in [0.15, 0.2) is 5.78 Å². The summed E-state index contributed by atoms with van der Waals surface area (Å²) in [4.78, 5) is 15.6. The van der Waals surface area contributed by atoms with Gasteiger partial charge in [-0.25, -0.2) is 0 Å². The maximum Gasteiger partial charge on any atom is 0.183 e. The van der Waals surface area contributed by atoms with Crippen molar-refractivity contribution in [3.8, 4) is 0 Å². The molecule has 0 saturated heterocycles. The van der Waals surface area contributed by atoms with E-state index in [1.807, 2.05) is 6.92 Å². The first-order valence-corrected chi connectivity index (χ1v) is 4.36. The molecule has 1 aromatic rings. The van der Waals surface area contributed by atoms with Gasteiger partial charge in [-0.05, 0) is 19.1 Å². The largest absolute Gasteiger partial charge is 0.383 e. The van der Waals surface area contributed by atoms with Crippen molar-refractivity contribution in [2.75, 3.05) is 13.7 Å². The molecule has 0 aliphatic heterocycles. The Bertz CT molecular complexity index is 308. The fraction of sp³-hybridized carbons (Fsp3) is 0.400. The van der Waals surface area contributed by atoms with Crippen molar-refractivity contribution < 1.29 is 9.53 Å². The number of nitrogens with zero attached hydrogens (tertiary/aromatic N) is 1. The Morgan fingerprint density at radius 1 is 1.64 bits per heavy atom. The number of aromatic nitrogens is 1. The van der Waals surface area contributed by atoms with Crippen LogP contribution in [-0.2, 0) is 4.74 Å². The van der Waals surface area contributed by atoms with Gasteiger partial charge in [0.1, 0.15) is 0 Å². The molecule has 4 nitrogen and oxygen atoms in total. The zero-order valence-corrected chi connectivity index (χ0v) is 8.36. The second-order valence-corrected chi connectivity index (χ2v) is 3.11. The highest BCUT2D eigenvalue weighted by molar-refractivity contribution is 5.99. The Kier molecular flexibility index (Phi) is 3.73. The van der Waals surface area contributed by atoms with E-state index in [2.05, 4.69) is 4.98 Å². The SMILES string of the molecule is COCC(N)C(=O)c1ccc(C)nc1. The van der Waals surface area contributed by atoms with Gasteiger partial charge in [0.2, 0.25) is 0 Å². The van der Waals surface area contributed by atoms with E-state index in [4.69, 9.17) is 10.5 Å². The third kappa shape index (κ3) is 2.61. The summed E-state index contributed by atoms with van der Waals surface area (Å²) in [5, 5.41) is 0. The predicted molar refractivity (Wildman–Crippen MR) is 53.2 cm³/mol. The van der Waals surface area contributed by atoms with E-state index in [1.54, 1.807) is 12.1 Å². The van der Waals surface area contributed by atoms with Gasteiger partial charge < -0.3 is 10.5 Å². The number of ketones is 1. The maximum atomic E-state index is 11.6.